The second kappa shape index (κ2) is 8.43. The fourth-order valence-electron chi connectivity index (χ4n) is 4.20. The Bertz CT molecular complexity index is 1540. The third-order valence-corrected chi connectivity index (χ3v) is 6.25. The van der Waals surface area contributed by atoms with E-state index in [1.807, 2.05) is 19.9 Å². The summed E-state index contributed by atoms with van der Waals surface area (Å²) in [5.41, 5.74) is -0.321. The van der Waals surface area contributed by atoms with E-state index in [4.69, 9.17) is 18.1 Å². The van der Waals surface area contributed by atoms with Crippen LogP contribution in [0, 0.1) is 0 Å². The van der Waals surface area contributed by atoms with Crippen molar-refractivity contribution < 1.29 is 41.3 Å². The van der Waals surface area contributed by atoms with E-state index in [1.165, 1.54) is 27.0 Å². The molecule has 0 radical (unpaired) electrons. The van der Waals surface area contributed by atoms with Crippen LogP contribution in [0.4, 0.5) is 0 Å². The summed E-state index contributed by atoms with van der Waals surface area (Å²) in [6, 6.07) is 2.40. The highest BCUT2D eigenvalue weighted by Gasteiger charge is 2.39. The van der Waals surface area contributed by atoms with Crippen LogP contribution in [0.25, 0.3) is 21.9 Å². The normalized spacial score (nSPS) is 15.7. The van der Waals surface area contributed by atoms with Crippen LogP contribution in [0.2, 0.25) is 0 Å². The number of rotatable bonds is 6. The lowest BCUT2D eigenvalue weighted by atomic mass is 9.96. The Labute approximate surface area is 201 Å². The molecular formula is C24H26O10S. The number of benzene rings is 2. The summed E-state index contributed by atoms with van der Waals surface area (Å²) in [6.07, 6.45) is 1.32. The van der Waals surface area contributed by atoms with E-state index in [1.54, 1.807) is 0 Å². The lowest BCUT2D eigenvalue weighted by molar-refractivity contribution is -0.0225. The quantitative estimate of drug-likeness (QED) is 0.257. The molecule has 3 N–H and O–H groups in total. The Morgan fingerprint density at radius 3 is 2.46 bits per heavy atom. The number of methoxy groups -OCH3 is 1. The number of phenolic OH excluding ortho intramolecular Hbond substituents is 1. The molecule has 0 amide bonds. The first kappa shape index (κ1) is 24.8. The van der Waals surface area contributed by atoms with Crippen molar-refractivity contribution in [3.8, 4) is 23.0 Å². The summed E-state index contributed by atoms with van der Waals surface area (Å²) in [7, 11) is -3.53. The average Bonchev–Trinajstić information content (AvgIpc) is 3.16. The molecule has 4 rings (SSSR count). The van der Waals surface area contributed by atoms with Crippen molar-refractivity contribution >= 4 is 32.3 Å². The van der Waals surface area contributed by atoms with Gasteiger partial charge in [0.1, 0.15) is 28.4 Å². The molecule has 2 aromatic carbocycles. The molecule has 0 saturated heterocycles. The molecule has 0 fully saturated rings. The molecule has 35 heavy (non-hydrogen) atoms. The van der Waals surface area contributed by atoms with Crippen LogP contribution in [-0.2, 0) is 23.2 Å². The van der Waals surface area contributed by atoms with Gasteiger partial charge in [-0.15, -0.1) is 0 Å². The zero-order chi connectivity index (χ0) is 25.9. The van der Waals surface area contributed by atoms with Crippen molar-refractivity contribution in [2.24, 2.45) is 0 Å². The first-order chi connectivity index (χ1) is 16.2. The van der Waals surface area contributed by atoms with Crippen molar-refractivity contribution in [1.82, 2.24) is 0 Å². The lowest BCUT2D eigenvalue weighted by Crippen LogP contribution is -2.39. The van der Waals surface area contributed by atoms with Gasteiger partial charge in [0.15, 0.2) is 17.2 Å². The van der Waals surface area contributed by atoms with Gasteiger partial charge in [0, 0.05) is 29.7 Å². The Hall–Kier alpha value is -3.28. The van der Waals surface area contributed by atoms with Gasteiger partial charge in [-0.2, -0.15) is 8.42 Å². The minimum absolute atomic E-state index is 0.00753. The summed E-state index contributed by atoms with van der Waals surface area (Å²) in [6.45, 7) is 6.81. The number of aliphatic hydroxyl groups is 1. The van der Waals surface area contributed by atoms with Crippen molar-refractivity contribution in [2.75, 3.05) is 7.11 Å². The number of phenols is 1. The van der Waals surface area contributed by atoms with Gasteiger partial charge in [-0.1, -0.05) is 11.6 Å². The first-order valence-corrected chi connectivity index (χ1v) is 12.1. The molecule has 3 aromatic rings. The second-order valence-corrected chi connectivity index (χ2v) is 10.3. The molecule has 1 aliphatic heterocycles. The Morgan fingerprint density at radius 2 is 1.89 bits per heavy atom. The third kappa shape index (κ3) is 4.54. The Morgan fingerprint density at radius 1 is 1.23 bits per heavy atom. The summed E-state index contributed by atoms with van der Waals surface area (Å²) < 4.78 is 54.2. The lowest BCUT2D eigenvalue weighted by Gasteiger charge is -2.24. The fourth-order valence-corrected chi connectivity index (χ4v) is 4.58. The maximum Gasteiger partial charge on any atom is 0.446 e. The molecule has 1 aliphatic rings. The van der Waals surface area contributed by atoms with Crippen molar-refractivity contribution in [3.05, 3.63) is 45.1 Å². The zero-order valence-electron chi connectivity index (χ0n) is 19.8. The van der Waals surface area contributed by atoms with E-state index in [0.717, 1.165) is 11.6 Å². The molecular weight excluding hydrogens is 480 g/mol. The van der Waals surface area contributed by atoms with Gasteiger partial charge in [-0.05, 0) is 34.1 Å². The molecule has 2 heterocycles. The SMILES string of the molecule is COc1c(O)cc2oc3cc(OS(=O)(=O)O)c4c(c3c(=O)c2c1CC=C(C)C)OC(C(C)(C)O)C4. The van der Waals surface area contributed by atoms with Gasteiger partial charge in [0.25, 0.3) is 0 Å². The van der Waals surface area contributed by atoms with Gasteiger partial charge in [0.2, 0.25) is 5.43 Å². The molecule has 188 valence electrons. The molecule has 1 aromatic heterocycles. The van der Waals surface area contributed by atoms with Gasteiger partial charge in [-0.25, -0.2) is 0 Å². The van der Waals surface area contributed by atoms with Crippen LogP contribution in [-0.4, -0.2) is 42.0 Å². The van der Waals surface area contributed by atoms with Gasteiger partial charge >= 0.3 is 10.4 Å². The molecule has 1 unspecified atom stereocenters. The predicted octanol–water partition coefficient (Wildman–Crippen LogP) is 3.43. The van der Waals surface area contributed by atoms with Crippen LogP contribution in [0.1, 0.15) is 38.8 Å². The number of aromatic hydroxyl groups is 1. The van der Waals surface area contributed by atoms with Gasteiger partial charge in [0.05, 0.1) is 18.1 Å². The zero-order valence-corrected chi connectivity index (χ0v) is 20.6. The summed E-state index contributed by atoms with van der Waals surface area (Å²) in [4.78, 5) is 13.9. The number of ether oxygens (including phenoxy) is 2. The molecule has 10 nitrogen and oxygen atoms in total. The topological polar surface area (TPSA) is 153 Å². The minimum Gasteiger partial charge on any atom is -0.504 e. The van der Waals surface area contributed by atoms with Crippen LogP contribution >= 0.6 is 0 Å². The van der Waals surface area contributed by atoms with E-state index in [9.17, 15) is 28.0 Å². The van der Waals surface area contributed by atoms with E-state index in [2.05, 4.69) is 0 Å². The van der Waals surface area contributed by atoms with E-state index >= 15 is 0 Å². The number of hydrogen-bond acceptors (Lipinski definition) is 9. The highest BCUT2D eigenvalue weighted by molar-refractivity contribution is 7.81. The maximum atomic E-state index is 13.9. The van der Waals surface area contributed by atoms with Crippen LogP contribution in [0.15, 0.2) is 33.0 Å². The molecule has 0 bridgehead atoms. The highest BCUT2D eigenvalue weighted by atomic mass is 32.3. The highest BCUT2D eigenvalue weighted by Crippen LogP contribution is 2.45. The molecule has 11 heteroatoms. The maximum absolute atomic E-state index is 13.9. The third-order valence-electron chi connectivity index (χ3n) is 5.86. The van der Waals surface area contributed by atoms with Crippen molar-refractivity contribution in [3.63, 3.8) is 0 Å². The van der Waals surface area contributed by atoms with Gasteiger partial charge in [-0.3, -0.25) is 9.35 Å². The van der Waals surface area contributed by atoms with Gasteiger partial charge < -0.3 is 28.3 Å². The number of fused-ring (bicyclic) bond motifs is 4. The molecule has 1 atom stereocenters. The van der Waals surface area contributed by atoms with Crippen LogP contribution < -0.4 is 19.1 Å². The van der Waals surface area contributed by atoms with Crippen molar-refractivity contribution in [1.29, 1.82) is 0 Å². The standard InChI is InChI=1S/C24H26O10S/c1-11(2)6-7-12-19-16(9-14(25)22(12)31-5)32-17-10-15(34-35(28,29)30)13-8-18(24(3,4)27)33-23(13)20(17)21(19)26/h6,9-10,18,25,27H,7-8H2,1-5H3,(H,28,29,30). The monoisotopic (exact) mass is 506 g/mol. The number of hydrogen-bond donors (Lipinski definition) is 3. The first-order valence-electron chi connectivity index (χ1n) is 10.8. The number of allylic oxidation sites excluding steroid dienone is 2. The largest absolute Gasteiger partial charge is 0.504 e. The van der Waals surface area contributed by atoms with E-state index in [-0.39, 0.29) is 63.3 Å². The molecule has 0 saturated carbocycles. The Balaban J connectivity index is 2.12. The average molecular weight is 507 g/mol. The summed E-state index contributed by atoms with van der Waals surface area (Å²) in [5.74, 6) is -0.427. The second-order valence-electron chi connectivity index (χ2n) is 9.23. The Kier molecular flexibility index (Phi) is 5.98. The van der Waals surface area contributed by atoms with Crippen LogP contribution in [0.3, 0.4) is 0 Å². The van der Waals surface area contributed by atoms with E-state index in [0.29, 0.717) is 5.56 Å². The predicted molar refractivity (Wildman–Crippen MR) is 128 cm³/mol. The minimum atomic E-state index is -4.91. The molecule has 0 aliphatic carbocycles. The van der Waals surface area contributed by atoms with E-state index < -0.39 is 27.5 Å². The van der Waals surface area contributed by atoms with Crippen molar-refractivity contribution in [2.45, 2.75) is 52.2 Å². The van der Waals surface area contributed by atoms with Crippen LogP contribution in [0.5, 0.6) is 23.0 Å². The summed E-state index contributed by atoms with van der Waals surface area (Å²) in [5, 5.41) is 21.2. The summed E-state index contributed by atoms with van der Waals surface area (Å²) >= 11 is 0. The molecule has 0 spiro atoms. The smallest absolute Gasteiger partial charge is 0.446 e. The fraction of sp³-hybridized carbons (Fsp3) is 0.375.